The Labute approximate surface area is 209 Å². The van der Waals surface area contributed by atoms with Gasteiger partial charge in [-0.3, -0.25) is 4.79 Å². The van der Waals surface area contributed by atoms with Crippen molar-refractivity contribution in [1.29, 1.82) is 0 Å². The van der Waals surface area contributed by atoms with Crippen molar-refractivity contribution in [3.05, 3.63) is 105 Å². The van der Waals surface area contributed by atoms with Crippen molar-refractivity contribution in [2.24, 2.45) is 0 Å². The van der Waals surface area contributed by atoms with Gasteiger partial charge in [-0.15, -0.1) is 0 Å². The molecule has 1 fully saturated rings. The second-order valence-corrected chi connectivity index (χ2v) is 9.99. The summed E-state index contributed by atoms with van der Waals surface area (Å²) in [5.74, 6) is -0.0541. The minimum atomic E-state index is -0.200. The second kappa shape index (κ2) is 9.61. The number of thioether (sulfide) groups is 1. The molecule has 0 saturated carbocycles. The van der Waals surface area contributed by atoms with Gasteiger partial charge in [0.15, 0.2) is 5.50 Å². The van der Waals surface area contributed by atoms with Gasteiger partial charge in [-0.1, -0.05) is 72.8 Å². The zero-order valence-corrected chi connectivity index (χ0v) is 20.7. The fourth-order valence-electron chi connectivity index (χ4n) is 4.30. The summed E-state index contributed by atoms with van der Waals surface area (Å²) in [4.78, 5) is 13.5. The average molecular weight is 488 g/mol. The number of nitrogens with zero attached hydrogens (tertiary/aromatic N) is 1. The highest BCUT2D eigenvalue weighted by Crippen LogP contribution is 2.34. The molecule has 0 bridgehead atoms. The number of halogens is 1. The first kappa shape index (κ1) is 22.6. The number of aryl methyl sites for hydroxylation is 1. The molecule has 4 nitrogen and oxygen atoms in total. The molecule has 3 aromatic carbocycles. The minimum absolute atomic E-state index is 0.0541. The van der Waals surface area contributed by atoms with Crippen LogP contribution in [0, 0.1) is 6.92 Å². The molecule has 1 aliphatic rings. The number of fused-ring (bicyclic) bond motifs is 1. The molecule has 6 heteroatoms. The number of nitrogens with one attached hydrogen (secondary N) is 2. The predicted molar refractivity (Wildman–Crippen MR) is 144 cm³/mol. The maximum absolute atomic E-state index is 12.8. The van der Waals surface area contributed by atoms with Crippen LogP contribution >= 0.6 is 23.4 Å². The summed E-state index contributed by atoms with van der Waals surface area (Å²) in [7, 11) is 0. The number of para-hydroxylation sites is 1. The molecule has 2 N–H and O–H groups in total. The SMILES string of the molecule is CCc1ccc(N[C@@H]2NC(=O)/C(=C/c3c(C)n(Cc4ccc(Cl)cc4)c4ccccc34)S2)cc1. The van der Waals surface area contributed by atoms with Gasteiger partial charge < -0.3 is 15.2 Å². The van der Waals surface area contributed by atoms with Gasteiger partial charge in [-0.2, -0.15) is 0 Å². The number of benzene rings is 3. The van der Waals surface area contributed by atoms with Gasteiger partial charge in [-0.25, -0.2) is 0 Å². The molecule has 1 atom stereocenters. The Morgan fingerprint density at radius 3 is 2.47 bits per heavy atom. The fraction of sp³-hybridized carbons (Fsp3) is 0.179. The van der Waals surface area contributed by atoms with Crippen LogP contribution in [0.15, 0.2) is 77.7 Å². The summed E-state index contributed by atoms with van der Waals surface area (Å²) in [6.45, 7) is 5.00. The number of anilines is 1. The highest BCUT2D eigenvalue weighted by molar-refractivity contribution is 8.05. The van der Waals surface area contributed by atoms with Crippen LogP contribution in [-0.2, 0) is 17.8 Å². The zero-order valence-electron chi connectivity index (χ0n) is 19.1. The number of amides is 1. The quantitative estimate of drug-likeness (QED) is 0.293. The molecule has 1 saturated heterocycles. The third kappa shape index (κ3) is 4.59. The van der Waals surface area contributed by atoms with Crippen molar-refractivity contribution >= 4 is 51.9 Å². The molecule has 5 rings (SSSR count). The van der Waals surface area contributed by atoms with Crippen molar-refractivity contribution in [1.82, 2.24) is 9.88 Å². The van der Waals surface area contributed by atoms with Crippen LogP contribution in [0.1, 0.15) is 29.3 Å². The van der Waals surface area contributed by atoms with Gasteiger partial charge in [0.2, 0.25) is 0 Å². The highest BCUT2D eigenvalue weighted by atomic mass is 35.5. The molecule has 1 aromatic heterocycles. The smallest absolute Gasteiger partial charge is 0.260 e. The number of aromatic nitrogens is 1. The van der Waals surface area contributed by atoms with E-state index in [9.17, 15) is 4.79 Å². The van der Waals surface area contributed by atoms with E-state index < -0.39 is 0 Å². The largest absolute Gasteiger partial charge is 0.357 e. The van der Waals surface area contributed by atoms with E-state index in [4.69, 9.17) is 11.6 Å². The third-order valence-electron chi connectivity index (χ3n) is 6.20. The number of hydrogen-bond acceptors (Lipinski definition) is 3. The summed E-state index contributed by atoms with van der Waals surface area (Å²) >= 11 is 7.59. The van der Waals surface area contributed by atoms with E-state index in [1.807, 2.05) is 24.3 Å². The fourth-order valence-corrected chi connectivity index (χ4v) is 5.39. The second-order valence-electron chi connectivity index (χ2n) is 8.40. The van der Waals surface area contributed by atoms with Crippen molar-refractivity contribution < 1.29 is 4.79 Å². The van der Waals surface area contributed by atoms with Crippen LogP contribution in [0.3, 0.4) is 0 Å². The molecule has 0 aliphatic carbocycles. The first-order valence-electron chi connectivity index (χ1n) is 11.4. The molecular weight excluding hydrogens is 462 g/mol. The number of rotatable bonds is 6. The summed E-state index contributed by atoms with van der Waals surface area (Å²) in [5, 5.41) is 8.33. The lowest BCUT2D eigenvalue weighted by molar-refractivity contribution is -0.116. The maximum Gasteiger partial charge on any atom is 0.260 e. The molecule has 34 heavy (non-hydrogen) atoms. The minimum Gasteiger partial charge on any atom is -0.357 e. The Hall–Kier alpha value is -3.15. The van der Waals surface area contributed by atoms with E-state index in [2.05, 4.69) is 83.6 Å². The Bertz CT molecular complexity index is 1370. The van der Waals surface area contributed by atoms with Gasteiger partial charge in [0.25, 0.3) is 5.91 Å². The first-order valence-corrected chi connectivity index (χ1v) is 12.6. The summed E-state index contributed by atoms with van der Waals surface area (Å²) in [6, 6.07) is 24.6. The van der Waals surface area contributed by atoms with Crippen molar-refractivity contribution in [2.45, 2.75) is 32.3 Å². The van der Waals surface area contributed by atoms with E-state index in [1.165, 1.54) is 22.9 Å². The van der Waals surface area contributed by atoms with Crippen LogP contribution in [0.4, 0.5) is 5.69 Å². The number of hydrogen-bond donors (Lipinski definition) is 2. The average Bonchev–Trinajstić information content (AvgIpc) is 3.32. The number of carbonyl (C=O) groups excluding carboxylic acids is 1. The Morgan fingerprint density at radius 1 is 1.03 bits per heavy atom. The van der Waals surface area contributed by atoms with Crippen molar-refractivity contribution in [3.8, 4) is 0 Å². The Kier molecular flexibility index (Phi) is 6.40. The topological polar surface area (TPSA) is 46.1 Å². The molecule has 4 aromatic rings. The van der Waals surface area contributed by atoms with Crippen LogP contribution in [0.2, 0.25) is 5.02 Å². The molecule has 1 amide bonds. The van der Waals surface area contributed by atoms with Crippen LogP contribution in [0.25, 0.3) is 17.0 Å². The summed E-state index contributed by atoms with van der Waals surface area (Å²) in [5.41, 5.74) is 6.62. The predicted octanol–water partition coefficient (Wildman–Crippen LogP) is 6.81. The molecular formula is C28H26ClN3OS. The van der Waals surface area contributed by atoms with Gasteiger partial charge in [-0.05, 0) is 60.9 Å². The normalized spacial score (nSPS) is 16.9. The van der Waals surface area contributed by atoms with E-state index in [-0.39, 0.29) is 11.4 Å². The molecule has 0 spiro atoms. The van der Waals surface area contributed by atoms with E-state index in [0.717, 1.165) is 45.8 Å². The van der Waals surface area contributed by atoms with Gasteiger partial charge in [0.05, 0.1) is 4.91 Å². The van der Waals surface area contributed by atoms with Crippen LogP contribution < -0.4 is 10.6 Å². The lowest BCUT2D eigenvalue weighted by Crippen LogP contribution is -2.30. The molecule has 0 radical (unpaired) electrons. The third-order valence-corrected chi connectivity index (χ3v) is 7.48. The van der Waals surface area contributed by atoms with Crippen LogP contribution in [0.5, 0.6) is 0 Å². The monoisotopic (exact) mass is 487 g/mol. The summed E-state index contributed by atoms with van der Waals surface area (Å²) < 4.78 is 2.30. The molecule has 1 aliphatic heterocycles. The first-order chi connectivity index (χ1) is 16.5. The molecule has 0 unspecified atom stereocenters. The van der Waals surface area contributed by atoms with Crippen molar-refractivity contribution in [3.63, 3.8) is 0 Å². The molecule has 172 valence electrons. The lowest BCUT2D eigenvalue weighted by atomic mass is 10.1. The lowest BCUT2D eigenvalue weighted by Gasteiger charge is -2.12. The van der Waals surface area contributed by atoms with Gasteiger partial charge in [0, 0.05) is 39.4 Å². The zero-order chi connectivity index (χ0) is 23.7. The van der Waals surface area contributed by atoms with Crippen molar-refractivity contribution in [2.75, 3.05) is 5.32 Å². The standard InChI is InChI=1S/C28H26ClN3OS/c1-3-19-10-14-22(15-11-19)30-28-31-27(33)26(34-28)16-24-18(2)32(25-7-5-4-6-23(24)25)17-20-8-12-21(29)13-9-20/h4-16,28,30H,3,17H2,1-2H3,(H,31,33)/b26-16-/t28-/m1/s1. The maximum atomic E-state index is 12.8. The van der Waals surface area contributed by atoms with Gasteiger partial charge >= 0.3 is 0 Å². The van der Waals surface area contributed by atoms with Gasteiger partial charge in [0.1, 0.15) is 0 Å². The Balaban J connectivity index is 1.43. The van der Waals surface area contributed by atoms with E-state index in [1.54, 1.807) is 0 Å². The van der Waals surface area contributed by atoms with E-state index >= 15 is 0 Å². The Morgan fingerprint density at radius 2 is 1.74 bits per heavy atom. The molecule has 2 heterocycles. The number of carbonyl (C=O) groups is 1. The van der Waals surface area contributed by atoms with E-state index in [0.29, 0.717) is 4.91 Å². The highest BCUT2D eigenvalue weighted by Gasteiger charge is 2.28. The van der Waals surface area contributed by atoms with Crippen LogP contribution in [-0.4, -0.2) is 16.0 Å². The summed E-state index contributed by atoms with van der Waals surface area (Å²) in [6.07, 6.45) is 3.03.